The third kappa shape index (κ3) is 3.11. The smallest absolute Gasteiger partial charge is 0.335 e. The van der Waals surface area contributed by atoms with Crippen LogP contribution in [0.2, 0.25) is 5.02 Å². The largest absolute Gasteiger partial charge is 0.478 e. The minimum atomic E-state index is -1.05. The zero-order valence-corrected chi connectivity index (χ0v) is 12.0. The third-order valence-electron chi connectivity index (χ3n) is 3.58. The summed E-state index contributed by atoms with van der Waals surface area (Å²) in [4.78, 5) is 23.1. The SMILES string of the molecule is CC1(C(=O)Nc2ccc(C(=O)O)cc2Cl)CCCCN1. The first-order valence-electron chi connectivity index (χ1n) is 6.52. The Hall–Kier alpha value is -1.59. The Bertz CT molecular complexity index is 539. The fourth-order valence-electron chi connectivity index (χ4n) is 2.26. The highest BCUT2D eigenvalue weighted by molar-refractivity contribution is 6.34. The van der Waals surface area contributed by atoms with Crippen molar-refractivity contribution in [2.75, 3.05) is 11.9 Å². The summed E-state index contributed by atoms with van der Waals surface area (Å²) in [6, 6.07) is 4.26. The molecule has 1 unspecified atom stereocenters. The van der Waals surface area contributed by atoms with E-state index < -0.39 is 11.5 Å². The first-order valence-corrected chi connectivity index (χ1v) is 6.89. The van der Waals surface area contributed by atoms with Crippen LogP contribution in [0.1, 0.15) is 36.5 Å². The lowest BCUT2D eigenvalue weighted by Crippen LogP contribution is -2.54. The molecule has 1 amide bonds. The minimum Gasteiger partial charge on any atom is -0.478 e. The van der Waals surface area contributed by atoms with Gasteiger partial charge in [0.2, 0.25) is 5.91 Å². The average Bonchev–Trinajstić information content (AvgIpc) is 2.41. The zero-order chi connectivity index (χ0) is 14.8. The van der Waals surface area contributed by atoms with Crippen LogP contribution < -0.4 is 10.6 Å². The lowest BCUT2D eigenvalue weighted by atomic mass is 9.90. The van der Waals surface area contributed by atoms with Crippen LogP contribution in [0.25, 0.3) is 0 Å². The summed E-state index contributed by atoms with van der Waals surface area (Å²) < 4.78 is 0. The molecule has 1 aliphatic rings. The van der Waals surface area contributed by atoms with Crippen molar-refractivity contribution < 1.29 is 14.7 Å². The second-order valence-corrected chi connectivity index (χ2v) is 5.58. The van der Waals surface area contributed by atoms with Crippen LogP contribution in [-0.2, 0) is 4.79 Å². The molecule has 1 saturated heterocycles. The Kier molecular flexibility index (Phi) is 4.30. The molecule has 1 heterocycles. The van der Waals surface area contributed by atoms with Crippen LogP contribution in [0.3, 0.4) is 0 Å². The van der Waals surface area contributed by atoms with E-state index in [0.29, 0.717) is 5.69 Å². The van der Waals surface area contributed by atoms with Crippen LogP contribution in [-0.4, -0.2) is 29.1 Å². The van der Waals surface area contributed by atoms with Gasteiger partial charge in [0, 0.05) is 0 Å². The van der Waals surface area contributed by atoms with Crippen molar-refractivity contribution in [1.29, 1.82) is 0 Å². The van der Waals surface area contributed by atoms with Crippen LogP contribution in [0.4, 0.5) is 5.69 Å². The number of rotatable bonds is 3. The van der Waals surface area contributed by atoms with E-state index in [1.165, 1.54) is 18.2 Å². The van der Waals surface area contributed by atoms with Crippen molar-refractivity contribution >= 4 is 29.2 Å². The van der Waals surface area contributed by atoms with Gasteiger partial charge in [-0.15, -0.1) is 0 Å². The van der Waals surface area contributed by atoms with Crippen molar-refractivity contribution in [2.45, 2.75) is 31.7 Å². The second kappa shape index (κ2) is 5.81. The highest BCUT2D eigenvalue weighted by atomic mass is 35.5. The van der Waals surface area contributed by atoms with Gasteiger partial charge in [-0.1, -0.05) is 11.6 Å². The number of amides is 1. The van der Waals surface area contributed by atoms with Crippen molar-refractivity contribution in [2.24, 2.45) is 0 Å². The van der Waals surface area contributed by atoms with Gasteiger partial charge in [-0.2, -0.15) is 0 Å². The number of anilines is 1. The van der Waals surface area contributed by atoms with Crippen LogP contribution in [0.15, 0.2) is 18.2 Å². The number of benzene rings is 1. The molecule has 1 aliphatic heterocycles. The fraction of sp³-hybridized carbons (Fsp3) is 0.429. The van der Waals surface area contributed by atoms with Gasteiger partial charge < -0.3 is 15.7 Å². The summed E-state index contributed by atoms with van der Waals surface area (Å²) in [6.45, 7) is 2.68. The maximum absolute atomic E-state index is 12.3. The number of nitrogens with one attached hydrogen (secondary N) is 2. The monoisotopic (exact) mass is 296 g/mol. The molecular formula is C14H17ClN2O3. The van der Waals surface area contributed by atoms with Gasteiger partial charge in [0.25, 0.3) is 0 Å². The molecule has 1 aromatic rings. The molecule has 0 bridgehead atoms. The number of halogens is 1. The van der Waals surface area contributed by atoms with Gasteiger partial charge in [-0.05, 0) is 50.9 Å². The minimum absolute atomic E-state index is 0.0926. The van der Waals surface area contributed by atoms with Gasteiger partial charge in [0.1, 0.15) is 0 Å². The molecule has 0 radical (unpaired) electrons. The Labute approximate surface area is 122 Å². The standard InChI is InChI=1S/C14H17ClN2O3/c1-14(6-2-3-7-16-14)13(20)17-11-5-4-9(12(18)19)8-10(11)15/h4-5,8,16H,2-3,6-7H2,1H3,(H,17,20)(H,18,19). The second-order valence-electron chi connectivity index (χ2n) is 5.17. The molecule has 0 aromatic heterocycles. The summed E-state index contributed by atoms with van der Waals surface area (Å²) in [5, 5.41) is 15.1. The van der Waals surface area contributed by atoms with Gasteiger partial charge in [-0.25, -0.2) is 4.79 Å². The molecular weight excluding hydrogens is 280 g/mol. The number of hydrogen-bond acceptors (Lipinski definition) is 3. The summed E-state index contributed by atoms with van der Waals surface area (Å²) in [5.41, 5.74) is -0.0854. The van der Waals surface area contributed by atoms with E-state index in [1.54, 1.807) is 0 Å². The van der Waals surface area contributed by atoms with Crippen LogP contribution in [0, 0.1) is 0 Å². The van der Waals surface area contributed by atoms with Crippen molar-refractivity contribution in [3.63, 3.8) is 0 Å². The fourth-order valence-corrected chi connectivity index (χ4v) is 2.49. The number of carbonyl (C=O) groups excluding carboxylic acids is 1. The van der Waals surface area contributed by atoms with E-state index in [-0.39, 0.29) is 16.5 Å². The van der Waals surface area contributed by atoms with E-state index in [4.69, 9.17) is 16.7 Å². The summed E-state index contributed by atoms with van der Waals surface area (Å²) >= 11 is 6.00. The Morgan fingerprint density at radius 1 is 1.40 bits per heavy atom. The number of piperidine rings is 1. The van der Waals surface area contributed by atoms with Gasteiger partial charge in [-0.3, -0.25) is 4.79 Å². The molecule has 1 aromatic carbocycles. The molecule has 1 fully saturated rings. The lowest BCUT2D eigenvalue weighted by molar-refractivity contribution is -0.122. The first-order chi connectivity index (χ1) is 9.42. The van der Waals surface area contributed by atoms with Crippen molar-refractivity contribution in [3.05, 3.63) is 28.8 Å². The third-order valence-corrected chi connectivity index (χ3v) is 3.90. The molecule has 1 atom stereocenters. The molecule has 2 rings (SSSR count). The van der Waals surface area contributed by atoms with E-state index in [2.05, 4.69) is 10.6 Å². The van der Waals surface area contributed by atoms with Crippen molar-refractivity contribution in [3.8, 4) is 0 Å². The summed E-state index contributed by atoms with van der Waals surface area (Å²) in [6.07, 6.45) is 2.84. The molecule has 6 heteroatoms. The first kappa shape index (κ1) is 14.8. The number of carbonyl (C=O) groups is 2. The highest BCUT2D eigenvalue weighted by Gasteiger charge is 2.34. The number of hydrogen-bond donors (Lipinski definition) is 3. The Balaban J connectivity index is 2.13. The molecule has 0 spiro atoms. The Morgan fingerprint density at radius 2 is 2.15 bits per heavy atom. The highest BCUT2D eigenvalue weighted by Crippen LogP contribution is 2.26. The molecule has 0 saturated carbocycles. The normalized spacial score (nSPS) is 22.3. The lowest BCUT2D eigenvalue weighted by Gasteiger charge is -2.33. The van der Waals surface area contributed by atoms with E-state index in [0.717, 1.165) is 25.8 Å². The molecule has 108 valence electrons. The van der Waals surface area contributed by atoms with Crippen LogP contribution in [0.5, 0.6) is 0 Å². The van der Waals surface area contributed by atoms with E-state index in [9.17, 15) is 9.59 Å². The molecule has 20 heavy (non-hydrogen) atoms. The Morgan fingerprint density at radius 3 is 2.70 bits per heavy atom. The topological polar surface area (TPSA) is 78.4 Å². The predicted molar refractivity (Wildman–Crippen MR) is 77.3 cm³/mol. The number of aromatic carboxylic acids is 1. The average molecular weight is 297 g/mol. The molecule has 3 N–H and O–H groups in total. The van der Waals surface area contributed by atoms with Crippen molar-refractivity contribution in [1.82, 2.24) is 5.32 Å². The molecule has 5 nitrogen and oxygen atoms in total. The van der Waals surface area contributed by atoms with Gasteiger partial charge >= 0.3 is 5.97 Å². The van der Waals surface area contributed by atoms with Gasteiger partial charge in [0.05, 0.1) is 21.8 Å². The summed E-state index contributed by atoms with van der Waals surface area (Å²) in [5.74, 6) is -1.20. The quantitative estimate of drug-likeness (QED) is 0.801. The predicted octanol–water partition coefficient (Wildman–Crippen LogP) is 2.51. The van der Waals surface area contributed by atoms with E-state index in [1.807, 2.05) is 6.92 Å². The van der Waals surface area contributed by atoms with Crippen LogP contribution >= 0.6 is 11.6 Å². The summed E-state index contributed by atoms with van der Waals surface area (Å²) in [7, 11) is 0. The molecule has 0 aliphatic carbocycles. The number of carboxylic acid groups (broad SMARTS) is 1. The number of carboxylic acids is 1. The zero-order valence-electron chi connectivity index (χ0n) is 11.2. The maximum Gasteiger partial charge on any atom is 0.335 e. The maximum atomic E-state index is 12.3. The van der Waals surface area contributed by atoms with E-state index >= 15 is 0 Å². The van der Waals surface area contributed by atoms with Gasteiger partial charge in [0.15, 0.2) is 0 Å².